The summed E-state index contributed by atoms with van der Waals surface area (Å²) in [6.45, 7) is 3.62. The van der Waals surface area contributed by atoms with Crippen LogP contribution in [0.15, 0.2) is 35.6 Å². The molecule has 12 heavy (non-hydrogen) atoms. The lowest BCUT2D eigenvalue weighted by molar-refractivity contribution is -0.104. The number of allylic oxidation sites excluding steroid dienone is 6. The molecule has 0 spiro atoms. The van der Waals surface area contributed by atoms with Crippen LogP contribution in [0.1, 0.15) is 13.8 Å². The van der Waals surface area contributed by atoms with E-state index in [4.69, 9.17) is 4.74 Å². The fourth-order valence-corrected chi connectivity index (χ4v) is 0.506. The van der Waals surface area contributed by atoms with Gasteiger partial charge in [0.15, 0.2) is 0 Å². The molecule has 0 amide bonds. The summed E-state index contributed by atoms with van der Waals surface area (Å²) >= 11 is 0. The molecule has 0 bridgehead atoms. The Labute approximate surface area is 73.2 Å². The zero-order valence-electron chi connectivity index (χ0n) is 7.70. The van der Waals surface area contributed by atoms with E-state index in [0.29, 0.717) is 5.57 Å². The summed E-state index contributed by atoms with van der Waals surface area (Å²) in [4.78, 5) is 10.1. The van der Waals surface area contributed by atoms with E-state index in [1.54, 1.807) is 26.2 Å². The molecule has 2 heteroatoms. The van der Waals surface area contributed by atoms with Crippen LogP contribution in [-0.4, -0.2) is 13.4 Å². The number of ether oxygens (including phenoxy) is 1. The minimum atomic E-state index is 0.703. The van der Waals surface area contributed by atoms with Gasteiger partial charge in [0.1, 0.15) is 6.29 Å². The Hall–Kier alpha value is -1.31. The summed E-state index contributed by atoms with van der Waals surface area (Å²) in [6, 6.07) is 0. The molecule has 2 nitrogen and oxygen atoms in total. The van der Waals surface area contributed by atoms with Crippen molar-refractivity contribution in [2.75, 3.05) is 7.11 Å². The Bertz CT molecular complexity index is 222. The van der Waals surface area contributed by atoms with Gasteiger partial charge in [-0.05, 0) is 25.5 Å². The molecule has 0 aromatic rings. The Morgan fingerprint density at radius 3 is 2.25 bits per heavy atom. The highest BCUT2D eigenvalue weighted by Gasteiger charge is 1.79. The van der Waals surface area contributed by atoms with E-state index in [-0.39, 0.29) is 0 Å². The lowest BCUT2D eigenvalue weighted by Gasteiger charge is -1.93. The van der Waals surface area contributed by atoms with Crippen molar-refractivity contribution < 1.29 is 9.53 Å². The Balaban J connectivity index is 4.01. The molecule has 0 aliphatic carbocycles. The average molecular weight is 166 g/mol. The molecule has 0 aromatic carbocycles. The van der Waals surface area contributed by atoms with Crippen molar-refractivity contribution >= 4 is 6.29 Å². The molecular formula is C10H14O2. The average Bonchev–Trinajstić information content (AvgIpc) is 2.11. The summed E-state index contributed by atoms with van der Waals surface area (Å²) < 4.78 is 4.90. The van der Waals surface area contributed by atoms with Gasteiger partial charge >= 0.3 is 0 Å². The molecule has 0 aromatic heterocycles. The highest BCUT2D eigenvalue weighted by Crippen LogP contribution is 1.93. The maximum absolute atomic E-state index is 10.1. The number of methoxy groups -OCH3 is 1. The second-order valence-corrected chi connectivity index (χ2v) is 2.39. The molecule has 0 N–H and O–H groups in total. The molecule has 0 unspecified atom stereocenters. The minimum absolute atomic E-state index is 0.703. The van der Waals surface area contributed by atoms with Gasteiger partial charge in [0, 0.05) is 0 Å². The predicted molar refractivity (Wildman–Crippen MR) is 49.7 cm³/mol. The van der Waals surface area contributed by atoms with Gasteiger partial charge in [0.05, 0.1) is 12.9 Å². The molecule has 0 aliphatic rings. The Morgan fingerprint density at radius 2 is 1.75 bits per heavy atom. The summed E-state index contributed by atoms with van der Waals surface area (Å²) in [5.41, 5.74) is 0.703. The maximum Gasteiger partial charge on any atom is 0.145 e. The molecule has 66 valence electrons. The zero-order valence-corrected chi connectivity index (χ0v) is 7.70. The molecule has 0 fully saturated rings. The van der Waals surface area contributed by atoms with Crippen LogP contribution in [0.25, 0.3) is 0 Å². The van der Waals surface area contributed by atoms with Gasteiger partial charge < -0.3 is 4.74 Å². The molecular weight excluding hydrogens is 152 g/mol. The standard InChI is InChI=1S/C10H14O2/c1-9(8-11)6-4-5-7-10(2)12-3/h4-8H,1-3H3/b5-4+,9-6?,10-7+. The summed E-state index contributed by atoms with van der Waals surface area (Å²) in [7, 11) is 1.62. The first-order valence-electron chi connectivity index (χ1n) is 3.71. The van der Waals surface area contributed by atoms with Crippen LogP contribution in [0.2, 0.25) is 0 Å². The van der Waals surface area contributed by atoms with Crippen molar-refractivity contribution in [3.63, 3.8) is 0 Å². The van der Waals surface area contributed by atoms with Crippen molar-refractivity contribution in [2.45, 2.75) is 13.8 Å². The van der Waals surface area contributed by atoms with Crippen molar-refractivity contribution in [1.82, 2.24) is 0 Å². The first-order valence-corrected chi connectivity index (χ1v) is 3.71. The minimum Gasteiger partial charge on any atom is -0.501 e. The first kappa shape index (κ1) is 10.7. The number of carbonyl (C=O) groups excluding carboxylic acids is 1. The lowest BCUT2D eigenvalue weighted by atomic mass is 10.3. The predicted octanol–water partition coefficient (Wildman–Crippen LogP) is 2.24. The second kappa shape index (κ2) is 6.40. The summed E-state index contributed by atoms with van der Waals surface area (Å²) in [5, 5.41) is 0. The summed E-state index contributed by atoms with van der Waals surface area (Å²) in [6.07, 6.45) is 8.01. The van der Waals surface area contributed by atoms with Crippen LogP contribution in [0, 0.1) is 0 Å². The van der Waals surface area contributed by atoms with E-state index in [1.807, 2.05) is 19.1 Å². The molecule has 0 radical (unpaired) electrons. The van der Waals surface area contributed by atoms with Crippen molar-refractivity contribution in [1.29, 1.82) is 0 Å². The Morgan fingerprint density at radius 1 is 1.17 bits per heavy atom. The van der Waals surface area contributed by atoms with Gasteiger partial charge in [0.2, 0.25) is 0 Å². The third kappa shape index (κ3) is 5.47. The van der Waals surface area contributed by atoms with Gasteiger partial charge in [-0.25, -0.2) is 0 Å². The number of hydrogen-bond donors (Lipinski definition) is 0. The van der Waals surface area contributed by atoms with Crippen LogP contribution >= 0.6 is 0 Å². The molecule has 0 rings (SSSR count). The largest absolute Gasteiger partial charge is 0.501 e. The number of hydrogen-bond acceptors (Lipinski definition) is 2. The highest BCUT2D eigenvalue weighted by molar-refractivity contribution is 5.72. The fraction of sp³-hybridized carbons (Fsp3) is 0.300. The second-order valence-electron chi connectivity index (χ2n) is 2.39. The topological polar surface area (TPSA) is 26.3 Å². The fourth-order valence-electron chi connectivity index (χ4n) is 0.506. The van der Waals surface area contributed by atoms with Crippen molar-refractivity contribution in [3.05, 3.63) is 35.6 Å². The molecule has 0 saturated carbocycles. The SMILES string of the molecule is CO/C(C)=C/C=C/C=C(C)C=O. The molecule has 0 aliphatic heterocycles. The first-order chi connectivity index (χ1) is 5.70. The van der Waals surface area contributed by atoms with Gasteiger partial charge in [-0.15, -0.1) is 0 Å². The Kier molecular flexibility index (Phi) is 5.70. The van der Waals surface area contributed by atoms with E-state index in [1.165, 1.54) is 0 Å². The van der Waals surface area contributed by atoms with Crippen LogP contribution in [0.5, 0.6) is 0 Å². The smallest absolute Gasteiger partial charge is 0.145 e. The van der Waals surface area contributed by atoms with Gasteiger partial charge in [0.25, 0.3) is 0 Å². The number of aldehydes is 1. The molecule has 0 atom stereocenters. The monoisotopic (exact) mass is 166 g/mol. The third-order valence-electron chi connectivity index (χ3n) is 1.31. The van der Waals surface area contributed by atoms with Crippen LogP contribution in [-0.2, 0) is 9.53 Å². The van der Waals surface area contributed by atoms with Gasteiger partial charge in [-0.2, -0.15) is 0 Å². The van der Waals surface area contributed by atoms with Crippen LogP contribution < -0.4 is 0 Å². The van der Waals surface area contributed by atoms with Crippen molar-refractivity contribution in [3.8, 4) is 0 Å². The van der Waals surface area contributed by atoms with Gasteiger partial charge in [-0.3, -0.25) is 4.79 Å². The van der Waals surface area contributed by atoms with E-state index in [0.717, 1.165) is 12.0 Å². The summed E-state index contributed by atoms with van der Waals surface area (Å²) in [5.74, 6) is 0.836. The van der Waals surface area contributed by atoms with E-state index in [9.17, 15) is 4.79 Å². The van der Waals surface area contributed by atoms with Gasteiger partial charge in [-0.1, -0.05) is 18.2 Å². The highest BCUT2D eigenvalue weighted by atomic mass is 16.5. The van der Waals surface area contributed by atoms with Crippen molar-refractivity contribution in [2.24, 2.45) is 0 Å². The maximum atomic E-state index is 10.1. The number of carbonyl (C=O) groups is 1. The van der Waals surface area contributed by atoms with Crippen LogP contribution in [0.3, 0.4) is 0 Å². The quantitative estimate of drug-likeness (QED) is 0.277. The third-order valence-corrected chi connectivity index (χ3v) is 1.31. The molecule has 0 saturated heterocycles. The zero-order chi connectivity index (χ0) is 9.40. The van der Waals surface area contributed by atoms with E-state index < -0.39 is 0 Å². The van der Waals surface area contributed by atoms with E-state index in [2.05, 4.69) is 0 Å². The normalized spacial score (nSPS) is 13.6. The van der Waals surface area contributed by atoms with Crippen LogP contribution in [0.4, 0.5) is 0 Å². The molecule has 0 heterocycles. The number of rotatable bonds is 4. The van der Waals surface area contributed by atoms with E-state index >= 15 is 0 Å². The lowest BCUT2D eigenvalue weighted by Crippen LogP contribution is -1.76.